The number of anilines is 2. The van der Waals surface area contributed by atoms with Gasteiger partial charge in [-0.3, -0.25) is 4.98 Å². The normalized spacial score (nSPS) is 14.6. The maximum absolute atomic E-state index is 6.69. The third kappa shape index (κ3) is 5.18. The third-order valence-electron chi connectivity index (χ3n) is 5.02. The fourth-order valence-electron chi connectivity index (χ4n) is 3.42. The van der Waals surface area contributed by atoms with Gasteiger partial charge in [-0.15, -0.1) is 11.8 Å². The van der Waals surface area contributed by atoms with Crippen LogP contribution in [0.25, 0.3) is 0 Å². The van der Waals surface area contributed by atoms with Gasteiger partial charge in [0.25, 0.3) is 0 Å². The number of nitrogens with one attached hydrogen (secondary N) is 1. The van der Waals surface area contributed by atoms with Crippen LogP contribution in [0.2, 0.25) is 5.02 Å². The number of pyridine rings is 1. The van der Waals surface area contributed by atoms with Crippen LogP contribution in [0, 0.1) is 5.41 Å². The first-order valence-corrected chi connectivity index (χ1v) is 11.0. The Morgan fingerprint density at radius 1 is 1.19 bits per heavy atom. The second-order valence-electron chi connectivity index (χ2n) is 8.35. The number of benzene rings is 1. The number of rotatable bonds is 5. The van der Waals surface area contributed by atoms with Crippen LogP contribution >= 0.6 is 23.4 Å². The van der Waals surface area contributed by atoms with Crippen LogP contribution in [0.5, 0.6) is 0 Å². The fourth-order valence-corrected chi connectivity index (χ4v) is 5.15. The van der Waals surface area contributed by atoms with Crippen molar-refractivity contribution in [3.63, 3.8) is 0 Å². The summed E-state index contributed by atoms with van der Waals surface area (Å²) in [6.07, 6.45) is 7.07. The summed E-state index contributed by atoms with van der Waals surface area (Å²) in [4.78, 5) is 7.89. The first-order valence-electron chi connectivity index (χ1n) is 9.68. The minimum atomic E-state index is 0.346. The molecule has 0 aliphatic carbocycles. The van der Waals surface area contributed by atoms with Gasteiger partial charge in [0, 0.05) is 18.1 Å². The molecule has 2 heterocycles. The van der Waals surface area contributed by atoms with Crippen molar-refractivity contribution in [2.24, 2.45) is 5.41 Å². The van der Waals surface area contributed by atoms with Gasteiger partial charge in [-0.25, -0.2) is 0 Å². The van der Waals surface area contributed by atoms with E-state index in [0.717, 1.165) is 48.1 Å². The van der Waals surface area contributed by atoms with Crippen LogP contribution in [-0.2, 0) is 12.8 Å². The van der Waals surface area contributed by atoms with Crippen LogP contribution in [0.15, 0.2) is 35.5 Å². The van der Waals surface area contributed by atoms with Crippen molar-refractivity contribution in [2.75, 3.05) is 30.8 Å². The lowest BCUT2D eigenvalue weighted by molar-refractivity contribution is 0.401. The summed E-state index contributed by atoms with van der Waals surface area (Å²) in [5.74, 6) is 1.10. The summed E-state index contributed by atoms with van der Waals surface area (Å²) < 4.78 is 0. The number of hydrogen-bond acceptors (Lipinski definition) is 4. The molecule has 0 unspecified atom stereocenters. The average Bonchev–Trinajstić information content (AvgIpc) is 2.86. The number of nitrogens with zero attached hydrogens (tertiary/aromatic N) is 2. The SMILES string of the molecule is CN(c1cnccc1SCCC(C)(C)C)c1c(Cl)ccc2c1CCNCC2. The molecule has 0 bridgehead atoms. The topological polar surface area (TPSA) is 28.2 Å². The molecule has 1 aromatic carbocycles. The Hall–Kier alpha value is -1.23. The van der Waals surface area contributed by atoms with E-state index in [9.17, 15) is 0 Å². The Kier molecular flexibility index (Phi) is 6.72. The van der Waals surface area contributed by atoms with E-state index in [0.29, 0.717) is 5.41 Å². The van der Waals surface area contributed by atoms with Crippen molar-refractivity contribution in [1.82, 2.24) is 10.3 Å². The molecule has 3 nitrogen and oxygen atoms in total. The number of halogens is 1. The van der Waals surface area contributed by atoms with Crippen LogP contribution in [0.4, 0.5) is 11.4 Å². The van der Waals surface area contributed by atoms with E-state index in [4.69, 9.17) is 11.6 Å². The summed E-state index contributed by atoms with van der Waals surface area (Å²) in [5, 5.41) is 4.31. The maximum atomic E-state index is 6.69. The minimum absolute atomic E-state index is 0.346. The lowest BCUT2D eigenvalue weighted by atomic mass is 9.94. The zero-order valence-corrected chi connectivity index (χ0v) is 18.4. The van der Waals surface area contributed by atoms with Crippen molar-refractivity contribution >= 4 is 34.7 Å². The standard InChI is InChI=1S/C22H30ClN3S/c1-22(2,3)10-14-27-20-9-13-25-15-19(20)26(4)21-17-8-12-24-11-7-16(17)5-6-18(21)23/h5-6,9,13,15,24H,7-8,10-12,14H2,1-4H3. The number of hydrogen-bond donors (Lipinski definition) is 1. The third-order valence-corrected chi connectivity index (χ3v) is 6.39. The molecule has 1 N–H and O–H groups in total. The zero-order chi connectivity index (χ0) is 19.4. The average molecular weight is 404 g/mol. The Bertz CT molecular complexity index is 786. The number of aromatic nitrogens is 1. The predicted octanol–water partition coefficient (Wildman–Crippen LogP) is 5.72. The molecule has 1 aliphatic rings. The van der Waals surface area contributed by atoms with Gasteiger partial charge in [0.2, 0.25) is 0 Å². The highest BCUT2D eigenvalue weighted by molar-refractivity contribution is 7.99. The van der Waals surface area contributed by atoms with Crippen molar-refractivity contribution in [1.29, 1.82) is 0 Å². The van der Waals surface area contributed by atoms with Crippen LogP contribution in [-0.4, -0.2) is 30.9 Å². The molecule has 3 rings (SSSR count). The van der Waals surface area contributed by atoms with Gasteiger partial charge in [-0.1, -0.05) is 38.4 Å². The van der Waals surface area contributed by atoms with E-state index in [1.807, 2.05) is 30.2 Å². The summed E-state index contributed by atoms with van der Waals surface area (Å²) >= 11 is 8.59. The molecule has 5 heteroatoms. The van der Waals surface area contributed by atoms with E-state index in [1.54, 1.807) is 0 Å². The molecule has 0 atom stereocenters. The maximum Gasteiger partial charge on any atom is 0.0733 e. The first kappa shape index (κ1) is 20.5. The Morgan fingerprint density at radius 3 is 2.74 bits per heavy atom. The van der Waals surface area contributed by atoms with Crippen molar-refractivity contribution in [2.45, 2.75) is 44.9 Å². The Balaban J connectivity index is 1.92. The quantitative estimate of drug-likeness (QED) is 0.646. The summed E-state index contributed by atoms with van der Waals surface area (Å²) in [6, 6.07) is 6.35. The van der Waals surface area contributed by atoms with Gasteiger partial charge in [0.1, 0.15) is 0 Å². The fraction of sp³-hybridized carbons (Fsp3) is 0.500. The van der Waals surface area contributed by atoms with Crippen LogP contribution in [0.3, 0.4) is 0 Å². The smallest absolute Gasteiger partial charge is 0.0733 e. The molecule has 1 aromatic heterocycles. The van der Waals surface area contributed by atoms with Gasteiger partial charge in [0.15, 0.2) is 0 Å². The van der Waals surface area contributed by atoms with Gasteiger partial charge < -0.3 is 10.2 Å². The lowest BCUT2D eigenvalue weighted by Gasteiger charge is -2.27. The van der Waals surface area contributed by atoms with E-state index in [2.05, 4.69) is 55.2 Å². The molecular formula is C22H30ClN3S. The van der Waals surface area contributed by atoms with E-state index in [1.165, 1.54) is 22.4 Å². The minimum Gasteiger partial charge on any atom is -0.341 e. The van der Waals surface area contributed by atoms with Crippen molar-refractivity contribution in [3.05, 3.63) is 46.7 Å². The zero-order valence-electron chi connectivity index (χ0n) is 16.8. The highest BCUT2D eigenvalue weighted by Gasteiger charge is 2.20. The number of thioether (sulfide) groups is 1. The first-order chi connectivity index (χ1) is 12.9. The summed E-state index contributed by atoms with van der Waals surface area (Å²) in [6.45, 7) is 8.90. The number of fused-ring (bicyclic) bond motifs is 1. The molecule has 0 fully saturated rings. The highest BCUT2D eigenvalue weighted by Crippen LogP contribution is 2.40. The summed E-state index contributed by atoms with van der Waals surface area (Å²) in [5.41, 5.74) is 5.37. The molecule has 0 amide bonds. The molecule has 0 saturated carbocycles. The molecule has 1 aliphatic heterocycles. The van der Waals surface area contributed by atoms with Crippen LogP contribution < -0.4 is 10.2 Å². The van der Waals surface area contributed by atoms with E-state index >= 15 is 0 Å². The highest BCUT2D eigenvalue weighted by atomic mass is 35.5. The predicted molar refractivity (Wildman–Crippen MR) is 119 cm³/mol. The molecule has 0 radical (unpaired) electrons. The van der Waals surface area contributed by atoms with Gasteiger partial charge in [0.05, 0.1) is 22.6 Å². The molecule has 0 spiro atoms. The van der Waals surface area contributed by atoms with Gasteiger partial charge in [-0.2, -0.15) is 0 Å². The Morgan fingerprint density at radius 2 is 1.96 bits per heavy atom. The second-order valence-corrected chi connectivity index (χ2v) is 9.89. The van der Waals surface area contributed by atoms with Gasteiger partial charge in [-0.05, 0) is 66.8 Å². The largest absolute Gasteiger partial charge is 0.341 e. The van der Waals surface area contributed by atoms with E-state index in [-0.39, 0.29) is 0 Å². The van der Waals surface area contributed by atoms with Gasteiger partial charge >= 0.3 is 0 Å². The molecule has 2 aromatic rings. The lowest BCUT2D eigenvalue weighted by Crippen LogP contribution is -2.17. The second kappa shape index (κ2) is 8.85. The summed E-state index contributed by atoms with van der Waals surface area (Å²) in [7, 11) is 2.12. The van der Waals surface area contributed by atoms with Crippen molar-refractivity contribution < 1.29 is 0 Å². The van der Waals surface area contributed by atoms with Crippen LogP contribution in [0.1, 0.15) is 38.3 Å². The van der Waals surface area contributed by atoms with E-state index < -0.39 is 0 Å². The molecule has 27 heavy (non-hydrogen) atoms. The van der Waals surface area contributed by atoms with Crippen molar-refractivity contribution in [3.8, 4) is 0 Å². The molecular weight excluding hydrogens is 374 g/mol. The molecule has 0 saturated heterocycles. The molecule has 146 valence electrons. The monoisotopic (exact) mass is 403 g/mol. The Labute approximate surface area is 172 Å².